The van der Waals surface area contributed by atoms with Crippen LogP contribution < -0.4 is 160 Å². The fraction of sp³-hybridized carbons (Fsp3) is 0.667. The first-order chi connectivity index (χ1) is 55.6. The average Bonchev–Trinajstić information content (AvgIpc) is 1.65. The van der Waals surface area contributed by atoms with E-state index in [9.17, 15) is 145 Å². The van der Waals surface area contributed by atoms with Crippen LogP contribution in [0.25, 0.3) is 0 Å². The summed E-state index contributed by atoms with van der Waals surface area (Å²) in [6.45, 7) is 2.70. The van der Waals surface area contributed by atoms with Gasteiger partial charge >= 0.3 is 130 Å². The van der Waals surface area contributed by atoms with Gasteiger partial charge in [-0.15, -0.1) is 0 Å². The molecule has 5 saturated heterocycles. The average molecular weight is 1960 g/mol. The van der Waals surface area contributed by atoms with Crippen molar-refractivity contribution in [2.24, 2.45) is 0 Å². The maximum Gasteiger partial charge on any atom is 1.00 e. The molecule has 9 rings (SSSR count). The molecule has 5 aliphatic rings. The van der Waals surface area contributed by atoms with Crippen LogP contribution in [0.15, 0.2) is 102 Å². The van der Waals surface area contributed by atoms with E-state index in [-0.39, 0.29) is 134 Å². The van der Waals surface area contributed by atoms with Crippen LogP contribution in [-0.4, -0.2) is 334 Å². The number of thioether (sulfide) groups is 1. The summed E-state index contributed by atoms with van der Waals surface area (Å²) in [6.07, 6.45) is -40.0. The Morgan fingerprint density at radius 3 is 1.15 bits per heavy atom. The van der Waals surface area contributed by atoms with Gasteiger partial charge in [-0.1, -0.05) is 35.4 Å². The number of aliphatic hydroxyl groups is 14. The fourth-order valence-corrected chi connectivity index (χ4v) is 17.5. The van der Waals surface area contributed by atoms with Crippen molar-refractivity contribution in [3.05, 3.63) is 126 Å². The molecule has 7 heterocycles. The van der Waals surface area contributed by atoms with Gasteiger partial charge in [-0.25, -0.2) is 18.2 Å². The number of phosphoric acid groups is 4. The smallest absolute Gasteiger partial charge is 0.756 e. The monoisotopic (exact) mass is 1960 g/mol. The number of aryl methyl sites for hydroxylation is 2. The topological polar surface area (TPSA) is 779 Å². The Balaban J connectivity index is 0.000000615. The molecule has 15 unspecified atom stereocenters. The van der Waals surface area contributed by atoms with Crippen molar-refractivity contribution in [1.29, 1.82) is 0 Å². The standard InChI is InChI=1S/C22H30N2O19P2S.C20H34N2O18P2S.C13H18O8S.C5H12O2S.4Na/c1-10-2-4-11(5-3-10)46(36,37)39-9-13-15(26)17(28)19(30)21(41-13)42-45(34,35)43-44(32,33)38-8-12-16(27)18(29)20(40-12)24-7-6-14(25)23-22(24)31;1-34-4-5-35-6-7-43-9-11-14(25)15(26)17(28)19(38-11)39-42(32,33)40-41(30,31)36-8-10-13(24)16(27)18(37-10)22-3-2-12(23)21-20(22)29;1-7-2-4-8(5-3-7)22(18,19)20-6-9-10(14)11(15)12(16)13(17)21-9;1-6-2-3-7-4-5-8;;;;/h2-7,12-13,15-21,26-30H,8-9H2,1H3,(H,32,33)(H,34,35)(H,23,25,31);2-3,10-11,13-19,24-28H,4-9H2,1H3,(H,30,31)(H,32,33)(H,21,23,29);2-5,9-17H,6H2,1H3;8H,2-5H2,1H3;;;;/q;;;;4*+1/p-4/t12?,13?,15-,16+,17?,18+,19-,20?,21+;10?,11?,13-,14+,15?,16-,17+,18?,19-;9?,10-,11?,12-,13?;;;;;/m010...../s1. The van der Waals surface area contributed by atoms with Crippen LogP contribution in [0.3, 0.4) is 0 Å². The number of H-pyrrole nitrogens is 2. The second kappa shape index (κ2) is 55.1. The van der Waals surface area contributed by atoms with Crippen molar-refractivity contribution >= 4 is 75.9 Å². The zero-order valence-corrected chi connectivity index (χ0v) is 81.4. The van der Waals surface area contributed by atoms with Crippen LogP contribution in [-0.2, 0) is 116 Å². The van der Waals surface area contributed by atoms with Crippen molar-refractivity contribution in [3.8, 4) is 0 Å². The molecule has 2 aromatic carbocycles. The molecule has 51 nitrogen and oxygen atoms in total. The molecular weight excluding hydrogens is 1870 g/mol. The van der Waals surface area contributed by atoms with Gasteiger partial charge in [0.25, 0.3) is 62.6 Å². The molecule has 680 valence electrons. The molecule has 5 aliphatic heterocycles. The molecule has 2 aromatic heterocycles. The number of aliphatic hydroxyl groups excluding tert-OH is 14. The Morgan fingerprint density at radius 2 is 0.772 bits per heavy atom. The van der Waals surface area contributed by atoms with Gasteiger partial charge in [0.05, 0.1) is 82.0 Å². The van der Waals surface area contributed by atoms with E-state index in [1.165, 1.54) is 55.3 Å². The minimum absolute atomic E-state index is 0. The van der Waals surface area contributed by atoms with Crippen molar-refractivity contribution in [3.63, 3.8) is 0 Å². The van der Waals surface area contributed by atoms with E-state index in [0.29, 0.717) is 54.5 Å². The Hall–Kier alpha value is -0.0800. The molecular formula is C60H90N4Na4O47P4S4. The molecule has 4 aromatic rings. The normalized spacial score (nSPS) is 30.7. The number of nitrogens with one attached hydrogen (secondary N) is 2. The molecule has 5 fully saturated rings. The molecule has 0 saturated carbocycles. The summed E-state index contributed by atoms with van der Waals surface area (Å²) in [5.41, 5.74) is -1.98. The van der Waals surface area contributed by atoms with Crippen LogP contribution >= 0.6 is 55.7 Å². The van der Waals surface area contributed by atoms with E-state index in [4.69, 9.17) is 51.0 Å². The molecule has 0 radical (unpaired) electrons. The summed E-state index contributed by atoms with van der Waals surface area (Å²) in [7, 11) is -29.0. The van der Waals surface area contributed by atoms with E-state index in [2.05, 4.69) is 39.3 Å². The predicted molar refractivity (Wildman–Crippen MR) is 389 cm³/mol. The third-order valence-electron chi connectivity index (χ3n) is 16.8. The summed E-state index contributed by atoms with van der Waals surface area (Å²) < 4.78 is 180. The van der Waals surface area contributed by atoms with E-state index in [1.807, 2.05) is 9.97 Å². The third kappa shape index (κ3) is 36.9. The first kappa shape index (κ1) is 119. The summed E-state index contributed by atoms with van der Waals surface area (Å²) in [5.74, 6) is 1.19. The van der Waals surface area contributed by atoms with Gasteiger partial charge in [0.1, 0.15) is 104 Å². The minimum atomic E-state index is -6.08. The van der Waals surface area contributed by atoms with Crippen molar-refractivity contribution in [2.75, 3.05) is 97.5 Å². The SMILES string of the molecule is COCCOCCS.COCCOCCSCC1O[C@H](OP(=O)([O-])OP(=O)([O-])OCC2OC(n3ccc(=O)[nH]c3=O)[C@H](O)[C@@H]2O)[C@@H](O)C(O)[C@H]1O.Cc1ccc(S(=O)(=O)OCC2OC(O)[C@@H](O)C(O)[C@H]2O)cc1.Cc1ccc(S(=O)(=O)OCC2O[C@H](OP(=O)([O-])OP(=O)([O-])OCC3OC(n4ccc(=O)[nH]c4=O)[C@H](O)[C@@H]3O)[C@@H](O)C(O)[C@H]2O)cc1.[Na+].[Na+].[Na+].[Na+]. The van der Waals surface area contributed by atoms with Crippen LogP contribution in [0.1, 0.15) is 23.6 Å². The summed E-state index contributed by atoms with van der Waals surface area (Å²) >= 11 is 5.15. The second-order valence-electron chi connectivity index (χ2n) is 25.6. The van der Waals surface area contributed by atoms with E-state index in [1.54, 1.807) is 33.1 Å². The Morgan fingerprint density at radius 1 is 0.431 bits per heavy atom. The minimum Gasteiger partial charge on any atom is -0.756 e. The van der Waals surface area contributed by atoms with Crippen LogP contribution in [0.2, 0.25) is 0 Å². The van der Waals surface area contributed by atoms with E-state index >= 15 is 0 Å². The van der Waals surface area contributed by atoms with E-state index < -0.39 is 242 Å². The summed E-state index contributed by atoms with van der Waals surface area (Å²) in [6, 6.07) is 13.1. The van der Waals surface area contributed by atoms with Crippen molar-refractivity contribution in [1.82, 2.24) is 19.1 Å². The number of thiol groups is 1. The van der Waals surface area contributed by atoms with Gasteiger partial charge in [0.15, 0.2) is 31.3 Å². The maximum absolute atomic E-state index is 12.5. The molecule has 63 heteroatoms. The summed E-state index contributed by atoms with van der Waals surface area (Å²) in [4.78, 5) is 99.1. The Bertz CT molecular complexity index is 4520. The first-order valence-electron chi connectivity index (χ1n) is 34.6. The maximum atomic E-state index is 12.5. The van der Waals surface area contributed by atoms with Crippen LogP contribution in [0.5, 0.6) is 0 Å². The molecule has 0 spiro atoms. The van der Waals surface area contributed by atoms with Crippen molar-refractivity contribution in [2.45, 2.75) is 165 Å². The number of hydrogen-bond donors (Lipinski definition) is 17. The summed E-state index contributed by atoms with van der Waals surface area (Å²) in [5, 5.41) is 140. The zero-order chi connectivity index (χ0) is 88.9. The molecule has 123 heavy (non-hydrogen) atoms. The number of aromatic nitrogens is 4. The van der Waals surface area contributed by atoms with Crippen molar-refractivity contribution < 1.29 is 322 Å². The second-order valence-corrected chi connectivity index (χ2v) is 36.2. The van der Waals surface area contributed by atoms with Gasteiger partial charge < -0.3 is 143 Å². The number of phosphoric ester groups is 4. The molecule has 16 N–H and O–H groups in total. The number of nitrogens with zero attached hydrogens (tertiary/aromatic N) is 2. The fourth-order valence-electron chi connectivity index (χ4n) is 10.4. The number of hydrogen-bond acceptors (Lipinski definition) is 49. The van der Waals surface area contributed by atoms with Crippen LogP contribution in [0.4, 0.5) is 0 Å². The van der Waals surface area contributed by atoms with Gasteiger partial charge in [-0.05, 0) is 38.1 Å². The number of ether oxygens (including phenoxy) is 9. The largest absolute Gasteiger partial charge is 1.00 e. The van der Waals surface area contributed by atoms with E-state index in [0.717, 1.165) is 41.4 Å². The molecule has 0 amide bonds. The van der Waals surface area contributed by atoms with Gasteiger partial charge in [-0.2, -0.15) is 41.2 Å². The molecule has 0 bridgehead atoms. The third-order valence-corrected chi connectivity index (χ3v) is 25.6. The predicted octanol–water partition coefficient (Wildman–Crippen LogP) is -21.9. The Labute approximate surface area is 797 Å². The van der Waals surface area contributed by atoms with Gasteiger partial charge in [0, 0.05) is 56.0 Å². The first-order valence-corrected chi connectivity index (χ1v) is 45.0. The quantitative estimate of drug-likeness (QED) is 0.00655. The number of aromatic amines is 2. The van der Waals surface area contributed by atoms with Gasteiger partial charge in [0.2, 0.25) is 0 Å². The van der Waals surface area contributed by atoms with Crippen LogP contribution in [0, 0.1) is 13.8 Å². The van der Waals surface area contributed by atoms with Gasteiger partial charge in [-0.3, -0.25) is 64.4 Å². The Kier molecular flexibility index (Phi) is 53.3. The number of methoxy groups -OCH3 is 2. The number of rotatable bonds is 37. The number of benzene rings is 2. The zero-order valence-electron chi connectivity index (χ0n) is 66.5. The molecule has 27 atom stereocenters. The molecule has 0 aliphatic carbocycles.